The first-order valence-corrected chi connectivity index (χ1v) is 9.38. The zero-order valence-corrected chi connectivity index (χ0v) is 15.3. The molecule has 26 heavy (non-hydrogen) atoms. The van der Waals surface area contributed by atoms with Crippen LogP contribution < -0.4 is 4.90 Å². The number of fused-ring (bicyclic) bond motifs is 2. The number of hydrogen-bond donors (Lipinski definition) is 0. The van der Waals surface area contributed by atoms with E-state index in [1.54, 1.807) is 0 Å². The molecule has 0 bridgehead atoms. The molecule has 0 spiro atoms. The van der Waals surface area contributed by atoms with Gasteiger partial charge < -0.3 is 9.64 Å². The molecule has 2 aliphatic rings. The second-order valence-corrected chi connectivity index (χ2v) is 6.98. The molecule has 132 valence electrons. The molecular weight excluding hydrogens is 318 g/mol. The first-order valence-electron chi connectivity index (χ1n) is 9.38. The fourth-order valence-electron chi connectivity index (χ4n) is 3.48. The molecule has 2 heterocycles. The molecular formula is C24H25NO. The number of benzene rings is 3. The third kappa shape index (κ3) is 3.97. The van der Waals surface area contributed by atoms with Crippen LogP contribution in [0.3, 0.4) is 0 Å². The average Bonchev–Trinajstić information content (AvgIpc) is 3.51. The molecule has 1 saturated heterocycles. The Morgan fingerprint density at radius 1 is 0.769 bits per heavy atom. The summed E-state index contributed by atoms with van der Waals surface area (Å²) in [6.45, 7) is 3.95. The predicted molar refractivity (Wildman–Crippen MR) is 108 cm³/mol. The molecule has 0 saturated carbocycles. The molecule has 2 aliphatic heterocycles. The summed E-state index contributed by atoms with van der Waals surface area (Å²) >= 11 is 0. The largest absolute Gasteiger partial charge is 0.371 e. The fraction of sp³-hybridized carbons (Fsp3) is 0.250. The minimum atomic E-state index is 0.402. The molecule has 1 unspecified atom stereocenters. The molecule has 2 nitrogen and oxygen atoms in total. The smallest absolute Gasteiger partial charge is 0.0988 e. The second-order valence-electron chi connectivity index (χ2n) is 6.98. The van der Waals surface area contributed by atoms with Crippen molar-refractivity contribution in [3.63, 3.8) is 0 Å². The van der Waals surface area contributed by atoms with Crippen LogP contribution >= 0.6 is 0 Å². The maximum atomic E-state index is 5.44. The fourth-order valence-corrected chi connectivity index (χ4v) is 3.48. The summed E-state index contributed by atoms with van der Waals surface area (Å²) in [6, 6.07) is 27.8. The first kappa shape index (κ1) is 16.9. The molecule has 1 atom stereocenters. The van der Waals surface area contributed by atoms with Crippen molar-refractivity contribution in [1.82, 2.24) is 0 Å². The van der Waals surface area contributed by atoms with E-state index in [1.807, 2.05) is 18.2 Å². The van der Waals surface area contributed by atoms with Crippen molar-refractivity contribution < 1.29 is 4.74 Å². The van der Waals surface area contributed by atoms with E-state index in [2.05, 4.69) is 72.5 Å². The zero-order chi connectivity index (χ0) is 17.8. The summed E-state index contributed by atoms with van der Waals surface area (Å²) in [4.78, 5) is 2.44. The van der Waals surface area contributed by atoms with Gasteiger partial charge in [-0.2, -0.15) is 0 Å². The average molecular weight is 343 g/mol. The van der Waals surface area contributed by atoms with E-state index in [-0.39, 0.29) is 0 Å². The van der Waals surface area contributed by atoms with Crippen LogP contribution in [0.25, 0.3) is 0 Å². The Labute approximate surface area is 156 Å². The molecule has 3 aromatic carbocycles. The Bertz CT molecular complexity index is 807. The Kier molecular flexibility index (Phi) is 5.03. The molecule has 2 heteroatoms. The minimum absolute atomic E-state index is 0.402. The summed E-state index contributed by atoms with van der Waals surface area (Å²) in [5.41, 5.74) is 6.91. The van der Waals surface area contributed by atoms with Crippen LogP contribution in [0.2, 0.25) is 0 Å². The van der Waals surface area contributed by atoms with E-state index < -0.39 is 0 Å². The highest BCUT2D eigenvalue weighted by Gasteiger charge is 2.29. The number of anilines is 2. The minimum Gasteiger partial charge on any atom is -0.371 e. The second kappa shape index (κ2) is 7.76. The monoisotopic (exact) mass is 343 g/mol. The number of nitrogens with zero attached hydrogens (tertiary/aromatic N) is 1. The van der Waals surface area contributed by atoms with Gasteiger partial charge in [-0.15, -0.1) is 0 Å². The van der Waals surface area contributed by atoms with Crippen LogP contribution in [0, 0.1) is 6.92 Å². The standard InChI is InChI=1S/C17H17NO.C7H8/c1-3-7-16-13(5-1)9-10-14-6-2-4-8-17(14)18(16)11-15-12-19-15;1-7-5-3-2-4-6-7/h1-8,15H,9-12H2;2-6H,1H3. The summed E-state index contributed by atoms with van der Waals surface area (Å²) in [7, 11) is 0. The number of epoxide rings is 1. The molecule has 1 fully saturated rings. The van der Waals surface area contributed by atoms with Gasteiger partial charge >= 0.3 is 0 Å². The van der Waals surface area contributed by atoms with Crippen molar-refractivity contribution >= 4 is 11.4 Å². The molecule has 0 aromatic heterocycles. The summed E-state index contributed by atoms with van der Waals surface area (Å²) in [5, 5.41) is 0. The molecule has 0 amide bonds. The maximum Gasteiger partial charge on any atom is 0.0988 e. The Morgan fingerprint density at radius 3 is 1.73 bits per heavy atom. The lowest BCUT2D eigenvalue weighted by Crippen LogP contribution is -2.23. The molecule has 0 radical (unpaired) electrons. The first-order chi connectivity index (χ1) is 12.8. The predicted octanol–water partition coefficient (Wildman–Crippen LogP) is 5.32. The quantitative estimate of drug-likeness (QED) is 0.586. The van der Waals surface area contributed by atoms with Gasteiger partial charge in [0.15, 0.2) is 0 Å². The van der Waals surface area contributed by atoms with Crippen molar-refractivity contribution in [3.05, 3.63) is 95.6 Å². The van der Waals surface area contributed by atoms with Crippen molar-refractivity contribution in [2.45, 2.75) is 25.9 Å². The van der Waals surface area contributed by atoms with Gasteiger partial charge in [-0.1, -0.05) is 72.3 Å². The van der Waals surface area contributed by atoms with E-state index in [1.165, 1.54) is 28.1 Å². The highest BCUT2D eigenvalue weighted by atomic mass is 16.6. The van der Waals surface area contributed by atoms with E-state index in [4.69, 9.17) is 4.74 Å². The van der Waals surface area contributed by atoms with Gasteiger partial charge in [0.05, 0.1) is 19.3 Å². The third-order valence-corrected chi connectivity index (χ3v) is 4.96. The SMILES string of the molecule is Cc1ccccc1.c1ccc2c(c1)CCc1ccccc1N2CC1CO1. The molecule has 0 aliphatic carbocycles. The van der Waals surface area contributed by atoms with Crippen LogP contribution in [0.15, 0.2) is 78.9 Å². The molecule has 5 rings (SSSR count). The Balaban J connectivity index is 0.000000204. The number of aryl methyl sites for hydroxylation is 3. The van der Waals surface area contributed by atoms with Crippen LogP contribution in [-0.4, -0.2) is 19.3 Å². The summed E-state index contributed by atoms with van der Waals surface area (Å²) < 4.78 is 5.44. The van der Waals surface area contributed by atoms with Crippen LogP contribution in [0.5, 0.6) is 0 Å². The van der Waals surface area contributed by atoms with Crippen molar-refractivity contribution in [1.29, 1.82) is 0 Å². The zero-order valence-electron chi connectivity index (χ0n) is 15.3. The summed E-state index contributed by atoms with van der Waals surface area (Å²) in [6.07, 6.45) is 2.64. The topological polar surface area (TPSA) is 15.8 Å². The van der Waals surface area contributed by atoms with Gasteiger partial charge in [-0.25, -0.2) is 0 Å². The number of para-hydroxylation sites is 2. The van der Waals surface area contributed by atoms with Crippen molar-refractivity contribution in [2.75, 3.05) is 18.1 Å². The number of rotatable bonds is 2. The Morgan fingerprint density at radius 2 is 1.27 bits per heavy atom. The van der Waals surface area contributed by atoms with Crippen molar-refractivity contribution in [2.24, 2.45) is 0 Å². The van der Waals surface area contributed by atoms with Crippen molar-refractivity contribution in [3.8, 4) is 0 Å². The van der Waals surface area contributed by atoms with Gasteiger partial charge in [0, 0.05) is 11.4 Å². The number of hydrogen-bond acceptors (Lipinski definition) is 2. The van der Waals surface area contributed by atoms with Gasteiger partial charge in [0.25, 0.3) is 0 Å². The van der Waals surface area contributed by atoms with Gasteiger partial charge in [-0.05, 0) is 43.0 Å². The highest BCUT2D eigenvalue weighted by Crippen LogP contribution is 2.36. The van der Waals surface area contributed by atoms with Gasteiger partial charge in [0.2, 0.25) is 0 Å². The van der Waals surface area contributed by atoms with Gasteiger partial charge in [-0.3, -0.25) is 0 Å². The highest BCUT2D eigenvalue weighted by molar-refractivity contribution is 5.71. The number of ether oxygens (including phenoxy) is 1. The van der Waals surface area contributed by atoms with E-state index in [0.29, 0.717) is 6.10 Å². The van der Waals surface area contributed by atoms with Crippen LogP contribution in [0.1, 0.15) is 16.7 Å². The lowest BCUT2D eigenvalue weighted by molar-refractivity contribution is 0.411. The Hall–Kier alpha value is -2.58. The molecule has 0 N–H and O–H groups in total. The maximum absolute atomic E-state index is 5.44. The van der Waals surface area contributed by atoms with Gasteiger partial charge in [0.1, 0.15) is 0 Å². The lowest BCUT2D eigenvalue weighted by atomic mass is 10.0. The van der Waals surface area contributed by atoms with E-state index in [9.17, 15) is 0 Å². The van der Waals surface area contributed by atoms with E-state index in [0.717, 1.165) is 26.0 Å². The molecule has 3 aromatic rings. The lowest BCUT2D eigenvalue weighted by Gasteiger charge is -2.26. The third-order valence-electron chi connectivity index (χ3n) is 4.96. The van der Waals surface area contributed by atoms with E-state index >= 15 is 0 Å². The normalized spacial score (nSPS) is 17.3. The summed E-state index contributed by atoms with van der Waals surface area (Å²) in [5.74, 6) is 0. The van der Waals surface area contributed by atoms with Crippen LogP contribution in [-0.2, 0) is 17.6 Å². The van der Waals surface area contributed by atoms with Crippen LogP contribution in [0.4, 0.5) is 11.4 Å².